The summed E-state index contributed by atoms with van der Waals surface area (Å²) in [4.78, 5) is 15.1. The molecule has 0 spiro atoms. The summed E-state index contributed by atoms with van der Waals surface area (Å²) in [5.41, 5.74) is 0.577. The molecule has 1 aromatic heterocycles. The molecule has 1 N–H and O–H groups in total. The van der Waals surface area contributed by atoms with Gasteiger partial charge in [0.2, 0.25) is 0 Å². The predicted octanol–water partition coefficient (Wildman–Crippen LogP) is 3.35. The largest absolute Gasteiger partial charge is 0.477 e. The van der Waals surface area contributed by atoms with Gasteiger partial charge in [-0.05, 0) is 29.8 Å². The Morgan fingerprint density at radius 1 is 1.21 bits per heavy atom. The van der Waals surface area contributed by atoms with E-state index in [1.54, 1.807) is 6.07 Å². The van der Waals surface area contributed by atoms with Crippen molar-refractivity contribution in [1.82, 2.24) is 4.98 Å². The summed E-state index contributed by atoms with van der Waals surface area (Å²) in [5.74, 6) is -2.46. The van der Waals surface area contributed by atoms with Gasteiger partial charge in [-0.25, -0.2) is 18.6 Å². The Bertz CT molecular complexity index is 619. The van der Waals surface area contributed by atoms with E-state index in [9.17, 15) is 13.6 Å². The van der Waals surface area contributed by atoms with Crippen LogP contribution in [0.3, 0.4) is 0 Å². The third-order valence-electron chi connectivity index (χ3n) is 2.34. The first-order chi connectivity index (χ1) is 9.06. The fraction of sp³-hybridized carbons (Fsp3) is 0.0769. The van der Waals surface area contributed by atoms with Gasteiger partial charge in [0.1, 0.15) is 5.69 Å². The number of carbonyl (C=O) groups is 1. The molecule has 1 aromatic carbocycles. The van der Waals surface area contributed by atoms with Gasteiger partial charge in [0.15, 0.2) is 11.6 Å². The second-order valence-electron chi connectivity index (χ2n) is 3.72. The number of carboxylic acid groups (broad SMARTS) is 1. The van der Waals surface area contributed by atoms with Crippen molar-refractivity contribution in [3.8, 4) is 0 Å². The lowest BCUT2D eigenvalue weighted by atomic mass is 10.2. The highest BCUT2D eigenvalue weighted by Crippen LogP contribution is 2.23. The van der Waals surface area contributed by atoms with Crippen LogP contribution in [0.2, 0.25) is 0 Å². The fourth-order valence-corrected chi connectivity index (χ4v) is 2.28. The Morgan fingerprint density at radius 2 is 2.00 bits per heavy atom. The van der Waals surface area contributed by atoms with E-state index < -0.39 is 17.6 Å². The maximum absolute atomic E-state index is 13.0. The van der Waals surface area contributed by atoms with Gasteiger partial charge in [-0.3, -0.25) is 0 Å². The highest BCUT2D eigenvalue weighted by atomic mass is 32.2. The summed E-state index contributed by atoms with van der Waals surface area (Å²) >= 11 is 1.33. The second kappa shape index (κ2) is 5.79. The van der Waals surface area contributed by atoms with Crippen molar-refractivity contribution in [2.45, 2.75) is 10.6 Å². The minimum Gasteiger partial charge on any atom is -0.477 e. The molecule has 0 saturated carbocycles. The zero-order chi connectivity index (χ0) is 13.8. The Morgan fingerprint density at radius 3 is 2.68 bits per heavy atom. The van der Waals surface area contributed by atoms with Crippen LogP contribution in [-0.4, -0.2) is 16.1 Å². The molecule has 0 aliphatic carbocycles. The molecule has 2 rings (SSSR count). The van der Waals surface area contributed by atoms with Gasteiger partial charge >= 0.3 is 5.97 Å². The van der Waals surface area contributed by atoms with E-state index in [1.165, 1.54) is 30.1 Å². The molecule has 0 saturated heterocycles. The van der Waals surface area contributed by atoms with Gasteiger partial charge < -0.3 is 5.11 Å². The molecule has 0 aliphatic heterocycles. The van der Waals surface area contributed by atoms with Crippen LogP contribution in [0, 0.1) is 11.6 Å². The number of rotatable bonds is 4. The SMILES string of the molecule is O=C(O)c1cc(SCc2ccc(F)c(F)c2)ccn1. The summed E-state index contributed by atoms with van der Waals surface area (Å²) in [6.07, 6.45) is 1.40. The molecule has 6 heteroatoms. The number of aromatic nitrogens is 1. The van der Waals surface area contributed by atoms with E-state index in [0.717, 1.165) is 12.1 Å². The summed E-state index contributed by atoms with van der Waals surface area (Å²) < 4.78 is 25.8. The zero-order valence-corrected chi connectivity index (χ0v) is 10.5. The zero-order valence-electron chi connectivity index (χ0n) is 9.64. The van der Waals surface area contributed by atoms with Crippen molar-refractivity contribution in [2.24, 2.45) is 0 Å². The molecule has 1 heterocycles. The van der Waals surface area contributed by atoms with E-state index in [4.69, 9.17) is 5.11 Å². The third-order valence-corrected chi connectivity index (χ3v) is 3.40. The molecule has 0 radical (unpaired) electrons. The first-order valence-corrected chi connectivity index (χ1v) is 6.31. The molecule has 0 fully saturated rings. The minimum atomic E-state index is -1.10. The monoisotopic (exact) mass is 281 g/mol. The number of hydrogen-bond acceptors (Lipinski definition) is 3. The predicted molar refractivity (Wildman–Crippen MR) is 67.1 cm³/mol. The van der Waals surface area contributed by atoms with E-state index in [2.05, 4.69) is 4.98 Å². The van der Waals surface area contributed by atoms with Crippen LogP contribution >= 0.6 is 11.8 Å². The van der Waals surface area contributed by atoms with Gasteiger partial charge in [0, 0.05) is 16.8 Å². The average Bonchev–Trinajstić information content (AvgIpc) is 2.40. The molecule has 0 amide bonds. The molecular formula is C13H9F2NO2S. The van der Waals surface area contributed by atoms with Crippen LogP contribution in [0.5, 0.6) is 0 Å². The first-order valence-electron chi connectivity index (χ1n) is 5.32. The Balaban J connectivity index is 2.07. The Hall–Kier alpha value is -1.95. The number of carboxylic acids is 1. The molecule has 19 heavy (non-hydrogen) atoms. The molecule has 2 aromatic rings. The highest BCUT2D eigenvalue weighted by Gasteiger charge is 2.06. The van der Waals surface area contributed by atoms with Gasteiger partial charge in [0.05, 0.1) is 0 Å². The smallest absolute Gasteiger partial charge is 0.354 e. The van der Waals surface area contributed by atoms with E-state index >= 15 is 0 Å². The van der Waals surface area contributed by atoms with Gasteiger partial charge in [0.25, 0.3) is 0 Å². The molecule has 0 bridgehead atoms. The number of pyridine rings is 1. The number of halogens is 2. The van der Waals surface area contributed by atoms with Crippen LogP contribution in [0.4, 0.5) is 8.78 Å². The van der Waals surface area contributed by atoms with Crippen molar-refractivity contribution in [3.05, 3.63) is 59.4 Å². The quantitative estimate of drug-likeness (QED) is 0.873. The normalized spacial score (nSPS) is 10.4. The lowest BCUT2D eigenvalue weighted by Gasteiger charge is -2.03. The first kappa shape index (κ1) is 13.5. The number of benzene rings is 1. The van der Waals surface area contributed by atoms with Crippen molar-refractivity contribution < 1.29 is 18.7 Å². The summed E-state index contributed by atoms with van der Waals surface area (Å²) in [6.45, 7) is 0. The number of hydrogen-bond donors (Lipinski definition) is 1. The molecule has 0 unspecified atom stereocenters. The summed E-state index contributed by atoms with van der Waals surface area (Å²) in [5, 5.41) is 8.80. The van der Waals surface area contributed by atoms with Crippen LogP contribution in [0.25, 0.3) is 0 Å². The lowest BCUT2D eigenvalue weighted by Crippen LogP contribution is -1.99. The maximum Gasteiger partial charge on any atom is 0.354 e. The number of aromatic carboxylic acids is 1. The van der Waals surface area contributed by atoms with Crippen LogP contribution in [0.15, 0.2) is 41.4 Å². The molecule has 3 nitrogen and oxygen atoms in total. The third kappa shape index (κ3) is 3.51. The maximum atomic E-state index is 13.0. The van der Waals surface area contributed by atoms with Crippen molar-refractivity contribution in [3.63, 3.8) is 0 Å². The Labute approximate surface area is 112 Å². The fourth-order valence-electron chi connectivity index (χ4n) is 1.41. The van der Waals surface area contributed by atoms with Crippen molar-refractivity contribution in [2.75, 3.05) is 0 Å². The molecule has 0 atom stereocenters. The standard InChI is InChI=1S/C13H9F2NO2S/c14-10-2-1-8(5-11(10)15)7-19-9-3-4-16-12(6-9)13(17)18/h1-6H,7H2,(H,17,18). The van der Waals surface area contributed by atoms with Crippen LogP contribution in [0.1, 0.15) is 16.1 Å². The van der Waals surface area contributed by atoms with Crippen LogP contribution in [-0.2, 0) is 5.75 Å². The van der Waals surface area contributed by atoms with E-state index in [-0.39, 0.29) is 5.69 Å². The van der Waals surface area contributed by atoms with Gasteiger partial charge in [-0.1, -0.05) is 6.07 Å². The van der Waals surface area contributed by atoms with Crippen LogP contribution < -0.4 is 0 Å². The van der Waals surface area contributed by atoms with Gasteiger partial charge in [-0.2, -0.15) is 0 Å². The van der Waals surface area contributed by atoms with E-state index in [0.29, 0.717) is 16.2 Å². The van der Waals surface area contributed by atoms with E-state index in [1.807, 2.05) is 0 Å². The number of thioether (sulfide) groups is 1. The van der Waals surface area contributed by atoms with Crippen molar-refractivity contribution >= 4 is 17.7 Å². The Kier molecular flexibility index (Phi) is 4.11. The second-order valence-corrected chi connectivity index (χ2v) is 4.77. The summed E-state index contributed by atoms with van der Waals surface area (Å²) in [6, 6.07) is 6.79. The summed E-state index contributed by atoms with van der Waals surface area (Å²) in [7, 11) is 0. The van der Waals surface area contributed by atoms with Crippen molar-refractivity contribution in [1.29, 1.82) is 0 Å². The number of nitrogens with zero attached hydrogens (tertiary/aromatic N) is 1. The highest BCUT2D eigenvalue weighted by molar-refractivity contribution is 7.98. The topological polar surface area (TPSA) is 50.2 Å². The van der Waals surface area contributed by atoms with Gasteiger partial charge in [-0.15, -0.1) is 11.8 Å². The molecular weight excluding hydrogens is 272 g/mol. The molecule has 0 aliphatic rings. The molecule has 98 valence electrons. The minimum absolute atomic E-state index is 0.0460. The average molecular weight is 281 g/mol. The lowest BCUT2D eigenvalue weighted by molar-refractivity contribution is 0.0690.